The van der Waals surface area contributed by atoms with Crippen LogP contribution in [0.1, 0.15) is 12.0 Å². The monoisotopic (exact) mass is 301 g/mol. The number of rotatable bonds is 5. The molecule has 0 saturated carbocycles. The van der Waals surface area contributed by atoms with E-state index in [4.69, 9.17) is 4.74 Å². The molecule has 0 spiro atoms. The van der Waals surface area contributed by atoms with Crippen LogP contribution in [0.2, 0.25) is 0 Å². The van der Waals surface area contributed by atoms with Crippen LogP contribution in [0.3, 0.4) is 0 Å². The van der Waals surface area contributed by atoms with Gasteiger partial charge in [0.1, 0.15) is 6.33 Å². The normalized spacial score (nSPS) is 18.1. The summed E-state index contributed by atoms with van der Waals surface area (Å²) in [7, 11) is 0. The lowest BCUT2D eigenvalue weighted by molar-refractivity contribution is -0.117. The molecule has 0 radical (unpaired) electrons. The van der Waals surface area contributed by atoms with Crippen molar-refractivity contribution < 1.29 is 9.53 Å². The Labute approximate surface area is 128 Å². The molecule has 1 aromatic carbocycles. The van der Waals surface area contributed by atoms with Crippen LogP contribution in [0.25, 0.3) is 0 Å². The highest BCUT2D eigenvalue weighted by Crippen LogP contribution is 2.09. The molecule has 1 aliphatic heterocycles. The van der Waals surface area contributed by atoms with Crippen LogP contribution in [0.4, 0.5) is 5.95 Å². The number of hydrogen-bond donors (Lipinski definition) is 2. The second kappa shape index (κ2) is 7.15. The predicted molar refractivity (Wildman–Crippen MR) is 81.4 cm³/mol. The summed E-state index contributed by atoms with van der Waals surface area (Å²) in [5.41, 5.74) is 1.13. The molecule has 1 aromatic heterocycles. The Morgan fingerprint density at radius 1 is 1.41 bits per heavy atom. The second-order valence-corrected chi connectivity index (χ2v) is 5.25. The molecule has 0 aliphatic carbocycles. The molecule has 2 aromatic rings. The standard InChI is InChI=1S/C15H19N5O2/c21-14(8-13-10-22-7-6-16-13)18-15-19-17-11-20(15)9-12-4-2-1-3-5-12/h1-5,11,13,16H,6-10H2,(H,18,19,21)/t13-/m0/s1. The van der Waals surface area contributed by atoms with Gasteiger partial charge in [-0.05, 0) is 5.56 Å². The van der Waals surface area contributed by atoms with Crippen LogP contribution in [-0.4, -0.2) is 46.5 Å². The Morgan fingerprint density at radius 3 is 3.05 bits per heavy atom. The Balaban J connectivity index is 1.58. The number of aromatic nitrogens is 3. The van der Waals surface area contributed by atoms with E-state index in [1.54, 1.807) is 6.33 Å². The van der Waals surface area contributed by atoms with Crippen molar-refractivity contribution in [2.45, 2.75) is 19.0 Å². The molecule has 1 saturated heterocycles. The van der Waals surface area contributed by atoms with Crippen LogP contribution in [0, 0.1) is 0 Å². The lowest BCUT2D eigenvalue weighted by Crippen LogP contribution is -2.43. The third kappa shape index (κ3) is 3.90. The SMILES string of the molecule is O=C(C[C@H]1COCCN1)Nc1nncn1Cc1ccccc1. The number of amides is 1. The van der Waals surface area contributed by atoms with Crippen molar-refractivity contribution in [1.82, 2.24) is 20.1 Å². The van der Waals surface area contributed by atoms with Gasteiger partial charge in [-0.2, -0.15) is 0 Å². The van der Waals surface area contributed by atoms with Crippen LogP contribution < -0.4 is 10.6 Å². The van der Waals surface area contributed by atoms with Gasteiger partial charge in [0.15, 0.2) is 0 Å². The molecular formula is C15H19N5O2. The van der Waals surface area contributed by atoms with Gasteiger partial charge in [0.25, 0.3) is 0 Å². The van der Waals surface area contributed by atoms with Gasteiger partial charge >= 0.3 is 0 Å². The fraction of sp³-hybridized carbons (Fsp3) is 0.400. The van der Waals surface area contributed by atoms with E-state index in [2.05, 4.69) is 20.8 Å². The summed E-state index contributed by atoms with van der Waals surface area (Å²) in [6.07, 6.45) is 1.97. The Hall–Kier alpha value is -2.25. The summed E-state index contributed by atoms with van der Waals surface area (Å²) in [4.78, 5) is 12.1. The molecule has 0 unspecified atom stereocenters. The maximum Gasteiger partial charge on any atom is 0.231 e. The summed E-state index contributed by atoms with van der Waals surface area (Å²) in [6, 6.07) is 10.0. The molecule has 1 fully saturated rings. The maximum absolute atomic E-state index is 12.1. The molecular weight excluding hydrogens is 282 g/mol. The van der Waals surface area contributed by atoms with Crippen molar-refractivity contribution >= 4 is 11.9 Å². The Morgan fingerprint density at radius 2 is 2.27 bits per heavy atom. The average Bonchev–Trinajstić information content (AvgIpc) is 2.96. The quantitative estimate of drug-likeness (QED) is 0.847. The number of hydrogen-bond acceptors (Lipinski definition) is 5. The van der Waals surface area contributed by atoms with Gasteiger partial charge in [-0.15, -0.1) is 10.2 Å². The van der Waals surface area contributed by atoms with E-state index in [1.807, 2.05) is 34.9 Å². The Kier molecular flexibility index (Phi) is 4.77. The van der Waals surface area contributed by atoms with Gasteiger partial charge in [-0.3, -0.25) is 14.7 Å². The first kappa shape index (κ1) is 14.7. The predicted octanol–water partition coefficient (Wildman–Crippen LogP) is 0.643. The van der Waals surface area contributed by atoms with Gasteiger partial charge in [-0.1, -0.05) is 30.3 Å². The van der Waals surface area contributed by atoms with Crippen molar-refractivity contribution in [1.29, 1.82) is 0 Å². The molecule has 1 atom stereocenters. The Bertz CT molecular complexity index is 607. The summed E-state index contributed by atoms with van der Waals surface area (Å²) < 4.78 is 7.16. The van der Waals surface area contributed by atoms with Gasteiger partial charge in [0, 0.05) is 19.0 Å². The highest BCUT2D eigenvalue weighted by atomic mass is 16.5. The number of benzene rings is 1. The zero-order valence-electron chi connectivity index (χ0n) is 12.2. The summed E-state index contributed by atoms with van der Waals surface area (Å²) in [5, 5.41) is 13.9. The van der Waals surface area contributed by atoms with Gasteiger partial charge in [0.2, 0.25) is 11.9 Å². The fourth-order valence-corrected chi connectivity index (χ4v) is 2.40. The highest BCUT2D eigenvalue weighted by molar-refractivity contribution is 5.89. The van der Waals surface area contributed by atoms with Crippen LogP contribution in [0.5, 0.6) is 0 Å². The molecule has 1 amide bonds. The van der Waals surface area contributed by atoms with Gasteiger partial charge in [-0.25, -0.2) is 0 Å². The minimum atomic E-state index is -0.0923. The number of ether oxygens (including phenoxy) is 1. The maximum atomic E-state index is 12.1. The minimum Gasteiger partial charge on any atom is -0.378 e. The molecule has 1 aliphatic rings. The molecule has 0 bridgehead atoms. The molecule has 2 heterocycles. The first-order valence-corrected chi connectivity index (χ1v) is 7.34. The van der Waals surface area contributed by atoms with Crippen LogP contribution in [-0.2, 0) is 16.1 Å². The minimum absolute atomic E-state index is 0.0549. The second-order valence-electron chi connectivity index (χ2n) is 5.25. The number of carbonyl (C=O) groups excluding carboxylic acids is 1. The van der Waals surface area contributed by atoms with E-state index >= 15 is 0 Å². The number of anilines is 1. The third-order valence-electron chi connectivity index (χ3n) is 3.49. The van der Waals surface area contributed by atoms with Gasteiger partial charge in [0.05, 0.1) is 19.8 Å². The highest BCUT2D eigenvalue weighted by Gasteiger charge is 2.18. The summed E-state index contributed by atoms with van der Waals surface area (Å²) in [5.74, 6) is 0.371. The van der Waals surface area contributed by atoms with E-state index < -0.39 is 0 Å². The average molecular weight is 301 g/mol. The number of nitrogens with zero attached hydrogens (tertiary/aromatic N) is 3. The van der Waals surface area contributed by atoms with E-state index in [9.17, 15) is 4.79 Å². The van der Waals surface area contributed by atoms with Crippen LogP contribution >= 0.6 is 0 Å². The molecule has 2 N–H and O–H groups in total. The van der Waals surface area contributed by atoms with Crippen molar-refractivity contribution in [2.75, 3.05) is 25.1 Å². The van der Waals surface area contributed by atoms with Gasteiger partial charge < -0.3 is 10.1 Å². The number of nitrogens with one attached hydrogen (secondary N) is 2. The van der Waals surface area contributed by atoms with Crippen molar-refractivity contribution in [3.05, 3.63) is 42.2 Å². The molecule has 3 rings (SSSR count). The van der Waals surface area contributed by atoms with Crippen LogP contribution in [0.15, 0.2) is 36.7 Å². The van der Waals surface area contributed by atoms with Crippen molar-refractivity contribution in [3.63, 3.8) is 0 Å². The molecule has 7 nitrogen and oxygen atoms in total. The lowest BCUT2D eigenvalue weighted by atomic mass is 10.2. The molecule has 116 valence electrons. The molecule has 22 heavy (non-hydrogen) atoms. The van der Waals surface area contributed by atoms with E-state index in [0.717, 1.165) is 12.1 Å². The lowest BCUT2D eigenvalue weighted by Gasteiger charge is -2.23. The number of carbonyl (C=O) groups is 1. The van der Waals surface area contributed by atoms with E-state index in [0.29, 0.717) is 32.1 Å². The fourth-order valence-electron chi connectivity index (χ4n) is 2.40. The largest absolute Gasteiger partial charge is 0.378 e. The molecule has 7 heteroatoms. The first-order valence-electron chi connectivity index (χ1n) is 7.34. The topological polar surface area (TPSA) is 81.1 Å². The van der Waals surface area contributed by atoms with E-state index in [1.165, 1.54) is 0 Å². The smallest absolute Gasteiger partial charge is 0.231 e. The third-order valence-corrected chi connectivity index (χ3v) is 3.49. The zero-order valence-corrected chi connectivity index (χ0v) is 12.2. The van der Waals surface area contributed by atoms with Crippen molar-refractivity contribution in [3.8, 4) is 0 Å². The number of morpholine rings is 1. The summed E-state index contributed by atoms with van der Waals surface area (Å²) >= 11 is 0. The summed E-state index contributed by atoms with van der Waals surface area (Å²) in [6.45, 7) is 2.66. The van der Waals surface area contributed by atoms with Crippen molar-refractivity contribution in [2.24, 2.45) is 0 Å². The zero-order chi connectivity index (χ0) is 15.2. The first-order chi connectivity index (χ1) is 10.8. The van der Waals surface area contributed by atoms with E-state index in [-0.39, 0.29) is 11.9 Å².